The van der Waals surface area contributed by atoms with E-state index in [-0.39, 0.29) is 5.91 Å². The molecule has 6 heteroatoms. The van der Waals surface area contributed by atoms with Crippen LogP contribution in [0.3, 0.4) is 0 Å². The van der Waals surface area contributed by atoms with Gasteiger partial charge in [-0.15, -0.1) is 0 Å². The number of fused-ring (bicyclic) bond motifs is 2. The summed E-state index contributed by atoms with van der Waals surface area (Å²) in [7, 11) is 0. The van der Waals surface area contributed by atoms with Crippen molar-refractivity contribution < 1.29 is 14.3 Å². The van der Waals surface area contributed by atoms with Crippen LogP contribution < -0.4 is 14.8 Å². The van der Waals surface area contributed by atoms with Crippen LogP contribution in [-0.4, -0.2) is 24.1 Å². The summed E-state index contributed by atoms with van der Waals surface area (Å²) < 4.78 is 12.0. The van der Waals surface area contributed by atoms with E-state index in [0.29, 0.717) is 24.1 Å². The number of benzene rings is 1. The summed E-state index contributed by atoms with van der Waals surface area (Å²) in [6.07, 6.45) is 0. The van der Waals surface area contributed by atoms with Crippen molar-refractivity contribution in [2.45, 2.75) is 20.8 Å². The lowest BCUT2D eigenvalue weighted by atomic mass is 9.96. The van der Waals surface area contributed by atoms with Crippen molar-refractivity contribution in [3.8, 4) is 11.5 Å². The number of amides is 1. The maximum absolute atomic E-state index is 12.0. The third-order valence-corrected chi connectivity index (χ3v) is 3.89. The number of anilines is 1. The number of hydrogen-bond acceptors (Lipinski definition) is 5. The maximum Gasteiger partial charge on any atom is 0.231 e. The zero-order valence-electron chi connectivity index (χ0n) is 11.6. The number of hydrogen-bond donors (Lipinski definition) is 1. The van der Waals surface area contributed by atoms with Gasteiger partial charge in [-0.2, -0.15) is 0 Å². The molecular formula is C14H16N2O3S. The quantitative estimate of drug-likeness (QED) is 0.877. The molecule has 0 fully saturated rings. The molecule has 106 valence electrons. The average molecular weight is 292 g/mol. The average Bonchev–Trinajstić information content (AvgIpc) is 2.75. The van der Waals surface area contributed by atoms with E-state index in [4.69, 9.17) is 9.47 Å². The zero-order chi connectivity index (χ0) is 14.3. The molecule has 0 unspecified atom stereocenters. The number of nitrogens with one attached hydrogen (secondary N) is 1. The molecule has 1 amide bonds. The summed E-state index contributed by atoms with van der Waals surface area (Å²) in [4.78, 5) is 16.4. The Hall–Kier alpha value is -1.82. The lowest BCUT2D eigenvalue weighted by Gasteiger charge is -2.17. The number of ether oxygens (including phenoxy) is 2. The Balaban J connectivity index is 1.93. The highest BCUT2D eigenvalue weighted by molar-refractivity contribution is 7.22. The van der Waals surface area contributed by atoms with Gasteiger partial charge in [0.1, 0.15) is 13.2 Å². The smallest absolute Gasteiger partial charge is 0.231 e. The Morgan fingerprint density at radius 3 is 2.55 bits per heavy atom. The van der Waals surface area contributed by atoms with E-state index in [1.807, 2.05) is 32.9 Å². The Morgan fingerprint density at radius 1 is 1.25 bits per heavy atom. The van der Waals surface area contributed by atoms with Crippen LogP contribution in [0.4, 0.5) is 5.13 Å². The summed E-state index contributed by atoms with van der Waals surface area (Å²) in [5, 5.41) is 3.45. The Labute approximate surface area is 120 Å². The number of nitrogens with zero attached hydrogens (tertiary/aromatic N) is 1. The molecule has 1 aromatic heterocycles. The van der Waals surface area contributed by atoms with Gasteiger partial charge in [0.15, 0.2) is 16.6 Å². The molecule has 2 heterocycles. The van der Waals surface area contributed by atoms with Gasteiger partial charge >= 0.3 is 0 Å². The van der Waals surface area contributed by atoms with Gasteiger partial charge in [0, 0.05) is 17.5 Å². The number of aromatic nitrogens is 1. The van der Waals surface area contributed by atoms with Crippen molar-refractivity contribution in [2.24, 2.45) is 5.41 Å². The first kappa shape index (κ1) is 13.2. The second-order valence-corrected chi connectivity index (χ2v) is 6.72. The first-order chi connectivity index (χ1) is 9.43. The van der Waals surface area contributed by atoms with Gasteiger partial charge in [-0.1, -0.05) is 32.1 Å². The third kappa shape index (κ3) is 2.43. The molecule has 0 radical (unpaired) electrons. The normalized spacial score (nSPS) is 14.3. The predicted octanol–water partition coefficient (Wildman–Crippen LogP) is 3.05. The SMILES string of the molecule is CC(C)(C)C(=O)Nc1nc2cc3c(cc2s1)OCCO3. The van der Waals surface area contributed by atoms with Gasteiger partial charge in [0.25, 0.3) is 0 Å². The highest BCUT2D eigenvalue weighted by Gasteiger charge is 2.23. The van der Waals surface area contributed by atoms with E-state index in [1.165, 1.54) is 11.3 Å². The van der Waals surface area contributed by atoms with Gasteiger partial charge in [-0.3, -0.25) is 4.79 Å². The molecule has 1 N–H and O–H groups in total. The molecule has 1 aliphatic heterocycles. The van der Waals surface area contributed by atoms with Crippen molar-refractivity contribution in [1.82, 2.24) is 4.98 Å². The molecule has 3 rings (SSSR count). The fraction of sp³-hybridized carbons (Fsp3) is 0.429. The number of carbonyl (C=O) groups excluding carboxylic acids is 1. The lowest BCUT2D eigenvalue weighted by molar-refractivity contribution is -0.123. The third-order valence-electron chi connectivity index (χ3n) is 2.95. The summed E-state index contributed by atoms with van der Waals surface area (Å²) in [5.41, 5.74) is 0.368. The molecular weight excluding hydrogens is 276 g/mol. The van der Waals surface area contributed by atoms with E-state index < -0.39 is 5.41 Å². The molecule has 0 aliphatic carbocycles. The minimum Gasteiger partial charge on any atom is -0.486 e. The minimum atomic E-state index is -0.441. The summed E-state index contributed by atoms with van der Waals surface area (Å²) >= 11 is 1.44. The van der Waals surface area contributed by atoms with E-state index >= 15 is 0 Å². The molecule has 0 atom stereocenters. The van der Waals surface area contributed by atoms with Crippen LogP contribution in [0, 0.1) is 5.41 Å². The standard InChI is InChI=1S/C14H16N2O3S/c1-14(2,3)12(17)16-13-15-8-6-9-10(7-11(8)20-13)19-5-4-18-9/h6-7H,4-5H2,1-3H3,(H,15,16,17). The molecule has 0 spiro atoms. The van der Waals surface area contributed by atoms with Gasteiger partial charge < -0.3 is 14.8 Å². The number of carbonyl (C=O) groups is 1. The molecule has 1 aromatic carbocycles. The first-order valence-corrected chi connectivity index (χ1v) is 7.27. The number of rotatable bonds is 1. The minimum absolute atomic E-state index is 0.0474. The van der Waals surface area contributed by atoms with Crippen molar-refractivity contribution in [3.63, 3.8) is 0 Å². The second kappa shape index (κ2) is 4.63. The maximum atomic E-state index is 12.0. The topological polar surface area (TPSA) is 60.5 Å². The fourth-order valence-corrected chi connectivity index (χ4v) is 2.67. The lowest BCUT2D eigenvalue weighted by Crippen LogP contribution is -2.27. The summed E-state index contributed by atoms with van der Waals surface area (Å²) in [6.45, 7) is 6.73. The Morgan fingerprint density at radius 2 is 1.90 bits per heavy atom. The zero-order valence-corrected chi connectivity index (χ0v) is 12.5. The van der Waals surface area contributed by atoms with Crippen molar-refractivity contribution >= 4 is 32.6 Å². The summed E-state index contributed by atoms with van der Waals surface area (Å²) in [6, 6.07) is 3.77. The van der Waals surface area contributed by atoms with Gasteiger partial charge in [-0.05, 0) is 0 Å². The van der Waals surface area contributed by atoms with E-state index in [0.717, 1.165) is 16.0 Å². The van der Waals surface area contributed by atoms with Gasteiger partial charge in [-0.25, -0.2) is 4.98 Å². The van der Waals surface area contributed by atoms with Crippen molar-refractivity contribution in [2.75, 3.05) is 18.5 Å². The molecule has 0 saturated carbocycles. The monoisotopic (exact) mass is 292 g/mol. The van der Waals surface area contributed by atoms with Crippen LogP contribution in [0.1, 0.15) is 20.8 Å². The van der Waals surface area contributed by atoms with Crippen LogP contribution in [0.25, 0.3) is 10.2 Å². The van der Waals surface area contributed by atoms with Crippen LogP contribution in [-0.2, 0) is 4.79 Å². The molecule has 0 saturated heterocycles. The van der Waals surface area contributed by atoms with E-state index in [2.05, 4.69) is 10.3 Å². The van der Waals surface area contributed by atoms with Crippen LogP contribution in [0.15, 0.2) is 12.1 Å². The van der Waals surface area contributed by atoms with E-state index in [1.54, 1.807) is 0 Å². The Kier molecular flexibility index (Phi) is 3.05. The fourth-order valence-electron chi connectivity index (χ4n) is 1.80. The van der Waals surface area contributed by atoms with Crippen molar-refractivity contribution in [1.29, 1.82) is 0 Å². The molecule has 5 nitrogen and oxygen atoms in total. The largest absolute Gasteiger partial charge is 0.486 e. The Bertz CT molecular complexity index is 630. The highest BCUT2D eigenvalue weighted by Crippen LogP contribution is 2.38. The highest BCUT2D eigenvalue weighted by atomic mass is 32.1. The van der Waals surface area contributed by atoms with Crippen LogP contribution >= 0.6 is 11.3 Å². The van der Waals surface area contributed by atoms with Crippen LogP contribution in [0.5, 0.6) is 11.5 Å². The van der Waals surface area contributed by atoms with Crippen LogP contribution in [0.2, 0.25) is 0 Å². The predicted molar refractivity (Wildman–Crippen MR) is 78.7 cm³/mol. The molecule has 20 heavy (non-hydrogen) atoms. The van der Waals surface area contributed by atoms with Gasteiger partial charge in [0.2, 0.25) is 5.91 Å². The molecule has 0 bridgehead atoms. The molecule has 2 aromatic rings. The summed E-state index contributed by atoms with van der Waals surface area (Å²) in [5.74, 6) is 1.40. The van der Waals surface area contributed by atoms with E-state index in [9.17, 15) is 4.79 Å². The number of thiazole rings is 1. The molecule has 1 aliphatic rings. The first-order valence-electron chi connectivity index (χ1n) is 6.45. The second-order valence-electron chi connectivity index (χ2n) is 5.69. The van der Waals surface area contributed by atoms with Gasteiger partial charge in [0.05, 0.1) is 10.2 Å². The van der Waals surface area contributed by atoms with Crippen molar-refractivity contribution in [3.05, 3.63) is 12.1 Å².